The van der Waals surface area contributed by atoms with Gasteiger partial charge in [-0.25, -0.2) is 0 Å². The lowest BCUT2D eigenvalue weighted by Crippen LogP contribution is -2.14. The molecule has 5 nitrogen and oxygen atoms in total. The highest BCUT2D eigenvalue weighted by Gasteiger charge is 2.16. The summed E-state index contributed by atoms with van der Waals surface area (Å²) in [6, 6.07) is 9.93. The molecule has 0 aliphatic carbocycles. The standard InChI is InChI=1S/C21H24N4OS2/c1-4-6-18-12-16(13-27-18)20-23-24-21(25(20)11-5-2)28-14-19(26)22-17-9-7-15(3)8-10-17/h5,7-10,12-13H,2,4,6,11,14H2,1,3H3,(H,22,26). The van der Waals surface area contributed by atoms with Crippen LogP contribution in [-0.4, -0.2) is 26.4 Å². The van der Waals surface area contributed by atoms with Crippen LogP contribution in [0.2, 0.25) is 0 Å². The van der Waals surface area contributed by atoms with E-state index in [4.69, 9.17) is 0 Å². The van der Waals surface area contributed by atoms with Gasteiger partial charge in [-0.1, -0.05) is 48.9 Å². The molecule has 0 saturated heterocycles. The first-order valence-electron chi connectivity index (χ1n) is 9.22. The number of amides is 1. The summed E-state index contributed by atoms with van der Waals surface area (Å²) in [5.41, 5.74) is 3.03. The van der Waals surface area contributed by atoms with Crippen LogP contribution in [0, 0.1) is 6.92 Å². The molecule has 0 fully saturated rings. The minimum absolute atomic E-state index is 0.0654. The summed E-state index contributed by atoms with van der Waals surface area (Å²) >= 11 is 3.13. The number of hydrogen-bond donors (Lipinski definition) is 1. The summed E-state index contributed by atoms with van der Waals surface area (Å²) in [5.74, 6) is 1.03. The Hall–Kier alpha value is -2.38. The third-order valence-corrected chi connectivity index (χ3v) is 6.07. The van der Waals surface area contributed by atoms with Crippen molar-refractivity contribution in [2.24, 2.45) is 0 Å². The molecule has 3 aromatic rings. The number of rotatable bonds is 9. The molecule has 28 heavy (non-hydrogen) atoms. The largest absolute Gasteiger partial charge is 0.325 e. The average Bonchev–Trinajstić information content (AvgIpc) is 3.29. The Kier molecular flexibility index (Phi) is 7.06. The molecule has 0 saturated carbocycles. The molecule has 0 aliphatic heterocycles. The van der Waals surface area contributed by atoms with E-state index in [1.165, 1.54) is 16.6 Å². The Bertz CT molecular complexity index is 944. The van der Waals surface area contributed by atoms with Crippen LogP contribution in [0.3, 0.4) is 0 Å². The number of thiophene rings is 1. The molecular weight excluding hydrogens is 388 g/mol. The Morgan fingerprint density at radius 1 is 1.32 bits per heavy atom. The summed E-state index contributed by atoms with van der Waals surface area (Å²) in [4.78, 5) is 13.6. The van der Waals surface area contributed by atoms with Crippen LogP contribution in [0.4, 0.5) is 5.69 Å². The molecule has 0 bridgehead atoms. The Labute approximate surface area is 173 Å². The maximum absolute atomic E-state index is 12.3. The number of nitrogens with one attached hydrogen (secondary N) is 1. The first-order valence-corrected chi connectivity index (χ1v) is 11.1. The second kappa shape index (κ2) is 9.71. The molecule has 1 N–H and O–H groups in total. The van der Waals surface area contributed by atoms with Crippen LogP contribution >= 0.6 is 23.1 Å². The number of nitrogens with zero attached hydrogens (tertiary/aromatic N) is 3. The fourth-order valence-corrected chi connectivity index (χ4v) is 4.46. The summed E-state index contributed by atoms with van der Waals surface area (Å²) in [5, 5.41) is 14.4. The smallest absolute Gasteiger partial charge is 0.234 e. The van der Waals surface area contributed by atoms with E-state index in [9.17, 15) is 4.79 Å². The second-order valence-corrected chi connectivity index (χ2v) is 8.40. The lowest BCUT2D eigenvalue weighted by atomic mass is 10.2. The third kappa shape index (κ3) is 5.11. The third-order valence-electron chi connectivity index (χ3n) is 4.10. The average molecular weight is 413 g/mol. The zero-order chi connectivity index (χ0) is 19.9. The van der Waals surface area contributed by atoms with Crippen molar-refractivity contribution < 1.29 is 4.79 Å². The molecule has 1 amide bonds. The van der Waals surface area contributed by atoms with Gasteiger partial charge in [-0.15, -0.1) is 28.1 Å². The topological polar surface area (TPSA) is 59.8 Å². The number of benzene rings is 1. The minimum Gasteiger partial charge on any atom is -0.325 e. The molecule has 0 radical (unpaired) electrons. The number of carbonyl (C=O) groups excluding carboxylic acids is 1. The molecule has 2 aromatic heterocycles. The number of thioether (sulfide) groups is 1. The van der Waals surface area contributed by atoms with Gasteiger partial charge in [-0.3, -0.25) is 9.36 Å². The van der Waals surface area contributed by atoms with E-state index in [-0.39, 0.29) is 11.7 Å². The van der Waals surface area contributed by atoms with Crippen molar-refractivity contribution in [3.05, 3.63) is 58.8 Å². The van der Waals surface area contributed by atoms with Gasteiger partial charge < -0.3 is 5.32 Å². The lowest BCUT2D eigenvalue weighted by molar-refractivity contribution is -0.113. The number of anilines is 1. The minimum atomic E-state index is -0.0654. The number of aromatic nitrogens is 3. The molecule has 2 heterocycles. The van der Waals surface area contributed by atoms with Gasteiger partial charge >= 0.3 is 0 Å². The molecule has 0 atom stereocenters. The van der Waals surface area contributed by atoms with Crippen molar-refractivity contribution in [2.45, 2.75) is 38.4 Å². The molecule has 7 heteroatoms. The first-order chi connectivity index (χ1) is 13.6. The molecule has 3 rings (SSSR count). The molecule has 146 valence electrons. The molecule has 0 aliphatic rings. The van der Waals surface area contributed by atoms with Gasteiger partial charge in [0.1, 0.15) is 0 Å². The highest BCUT2D eigenvalue weighted by atomic mass is 32.2. The van der Waals surface area contributed by atoms with Crippen LogP contribution in [0.15, 0.2) is 53.5 Å². The summed E-state index contributed by atoms with van der Waals surface area (Å²) in [7, 11) is 0. The summed E-state index contributed by atoms with van der Waals surface area (Å²) in [6.45, 7) is 8.64. The van der Waals surface area contributed by atoms with E-state index in [0.717, 1.165) is 40.6 Å². The second-order valence-electron chi connectivity index (χ2n) is 6.46. The van der Waals surface area contributed by atoms with E-state index in [1.807, 2.05) is 41.8 Å². The van der Waals surface area contributed by atoms with Crippen molar-refractivity contribution in [3.63, 3.8) is 0 Å². The van der Waals surface area contributed by atoms with Crippen molar-refractivity contribution >= 4 is 34.7 Å². The van der Waals surface area contributed by atoms with Gasteiger partial charge in [0.25, 0.3) is 0 Å². The van der Waals surface area contributed by atoms with Crippen LogP contribution in [0.25, 0.3) is 11.4 Å². The summed E-state index contributed by atoms with van der Waals surface area (Å²) in [6.07, 6.45) is 4.01. The van der Waals surface area contributed by atoms with Gasteiger partial charge in [0, 0.05) is 28.1 Å². The number of aryl methyl sites for hydroxylation is 2. The Morgan fingerprint density at radius 2 is 2.11 bits per heavy atom. The predicted molar refractivity (Wildman–Crippen MR) is 118 cm³/mol. The van der Waals surface area contributed by atoms with Crippen molar-refractivity contribution in [1.82, 2.24) is 14.8 Å². The Morgan fingerprint density at radius 3 is 2.82 bits per heavy atom. The highest BCUT2D eigenvalue weighted by Crippen LogP contribution is 2.28. The highest BCUT2D eigenvalue weighted by molar-refractivity contribution is 7.99. The van der Waals surface area contributed by atoms with Gasteiger partial charge in [-0.05, 0) is 31.5 Å². The summed E-state index contributed by atoms with van der Waals surface area (Å²) < 4.78 is 2.01. The van der Waals surface area contributed by atoms with Crippen molar-refractivity contribution in [2.75, 3.05) is 11.1 Å². The quantitative estimate of drug-likeness (QED) is 0.388. The van der Waals surface area contributed by atoms with Gasteiger partial charge in [0.15, 0.2) is 11.0 Å². The fraction of sp³-hybridized carbons (Fsp3) is 0.286. The van der Waals surface area contributed by atoms with E-state index >= 15 is 0 Å². The van der Waals surface area contributed by atoms with E-state index in [2.05, 4.69) is 40.5 Å². The predicted octanol–water partition coefficient (Wildman–Crippen LogP) is 5.18. The van der Waals surface area contributed by atoms with Gasteiger partial charge in [-0.2, -0.15) is 0 Å². The molecule has 1 aromatic carbocycles. The number of allylic oxidation sites excluding steroid dienone is 1. The Balaban J connectivity index is 1.69. The zero-order valence-corrected chi connectivity index (χ0v) is 17.8. The zero-order valence-electron chi connectivity index (χ0n) is 16.1. The lowest BCUT2D eigenvalue weighted by Gasteiger charge is -2.07. The van der Waals surface area contributed by atoms with Crippen molar-refractivity contribution in [3.8, 4) is 11.4 Å². The number of hydrogen-bond acceptors (Lipinski definition) is 5. The van der Waals surface area contributed by atoms with Crippen LogP contribution in [0.5, 0.6) is 0 Å². The van der Waals surface area contributed by atoms with Crippen LogP contribution in [-0.2, 0) is 17.8 Å². The monoisotopic (exact) mass is 412 g/mol. The molecule has 0 unspecified atom stereocenters. The van der Waals surface area contributed by atoms with E-state index in [0.29, 0.717) is 6.54 Å². The number of carbonyl (C=O) groups is 1. The van der Waals surface area contributed by atoms with E-state index in [1.54, 1.807) is 11.3 Å². The van der Waals surface area contributed by atoms with Crippen LogP contribution in [0.1, 0.15) is 23.8 Å². The van der Waals surface area contributed by atoms with Crippen molar-refractivity contribution in [1.29, 1.82) is 0 Å². The maximum atomic E-state index is 12.3. The van der Waals surface area contributed by atoms with Crippen LogP contribution < -0.4 is 5.32 Å². The van der Waals surface area contributed by atoms with E-state index < -0.39 is 0 Å². The normalized spacial score (nSPS) is 10.8. The first kappa shape index (κ1) is 20.4. The molecular formula is C21H24N4OS2. The fourth-order valence-electron chi connectivity index (χ4n) is 2.74. The van der Waals surface area contributed by atoms with Gasteiger partial charge in [0.05, 0.1) is 5.75 Å². The SMILES string of the molecule is C=CCn1c(SCC(=O)Nc2ccc(C)cc2)nnc1-c1csc(CCC)c1. The molecule has 0 spiro atoms. The maximum Gasteiger partial charge on any atom is 0.234 e. The van der Waals surface area contributed by atoms with Gasteiger partial charge in [0.2, 0.25) is 5.91 Å².